The van der Waals surface area contributed by atoms with Crippen molar-refractivity contribution in [2.75, 3.05) is 63.3 Å². The number of anilines is 2. The Morgan fingerprint density at radius 1 is 1.08 bits per heavy atom. The van der Waals surface area contributed by atoms with Gasteiger partial charge in [0.2, 0.25) is 11.9 Å². The number of rotatable bonds is 6. The topological polar surface area (TPSA) is 104 Å². The lowest BCUT2D eigenvalue weighted by Gasteiger charge is -2.27. The first-order chi connectivity index (χ1) is 12.0. The number of hydrogen-bond donors (Lipinski definition) is 1. The van der Waals surface area contributed by atoms with Crippen LogP contribution in [0.4, 0.5) is 11.9 Å². The van der Waals surface area contributed by atoms with Crippen molar-refractivity contribution in [1.29, 1.82) is 0 Å². The van der Waals surface area contributed by atoms with E-state index in [0.29, 0.717) is 57.1 Å². The van der Waals surface area contributed by atoms with E-state index < -0.39 is 10.2 Å². The summed E-state index contributed by atoms with van der Waals surface area (Å²) in [7, 11) is 0.194. The van der Waals surface area contributed by atoms with Crippen LogP contribution < -0.4 is 14.5 Å². The molecule has 0 unspecified atom stereocenters. The molecule has 10 nitrogen and oxygen atoms in total. The average molecular weight is 371 g/mol. The smallest absolute Gasteiger partial charge is 0.279 e. The van der Waals surface area contributed by atoms with E-state index in [9.17, 15) is 8.42 Å². The van der Waals surface area contributed by atoms with E-state index in [1.165, 1.54) is 4.31 Å². The van der Waals surface area contributed by atoms with Crippen LogP contribution in [0.3, 0.4) is 0 Å². The number of nitrogens with zero attached hydrogens (tertiary/aromatic N) is 6. The van der Waals surface area contributed by atoms with Crippen LogP contribution in [0, 0.1) is 0 Å². The standard InChI is InChI=1S/C14H25N7O3S/c1-19(2)13-16-12(11-15-25(22,23)21-5-3-4-6-21)17-14(18-13)20-7-9-24-10-8-20/h15H,3-11H2,1-2H3. The molecule has 3 heterocycles. The van der Waals surface area contributed by atoms with Crippen LogP contribution in [0.15, 0.2) is 0 Å². The largest absolute Gasteiger partial charge is 0.378 e. The summed E-state index contributed by atoms with van der Waals surface area (Å²) in [6.07, 6.45) is 1.80. The molecule has 0 aromatic carbocycles. The first-order valence-electron chi connectivity index (χ1n) is 8.45. The van der Waals surface area contributed by atoms with Crippen LogP contribution in [0.1, 0.15) is 18.7 Å². The third-order valence-electron chi connectivity index (χ3n) is 4.17. The van der Waals surface area contributed by atoms with Crippen molar-refractivity contribution in [2.45, 2.75) is 19.4 Å². The van der Waals surface area contributed by atoms with E-state index >= 15 is 0 Å². The highest BCUT2D eigenvalue weighted by Crippen LogP contribution is 2.15. The molecule has 2 aliphatic rings. The van der Waals surface area contributed by atoms with Gasteiger partial charge >= 0.3 is 0 Å². The van der Waals surface area contributed by atoms with Crippen molar-refractivity contribution in [3.8, 4) is 0 Å². The maximum atomic E-state index is 12.3. The molecule has 0 radical (unpaired) electrons. The Bertz CT molecular complexity index is 686. The molecule has 1 N–H and O–H groups in total. The van der Waals surface area contributed by atoms with Crippen LogP contribution in [0.25, 0.3) is 0 Å². The Labute approximate surface area is 148 Å². The molecule has 0 aliphatic carbocycles. The van der Waals surface area contributed by atoms with E-state index in [4.69, 9.17) is 4.74 Å². The third kappa shape index (κ3) is 4.54. The molecule has 140 valence electrons. The van der Waals surface area contributed by atoms with Gasteiger partial charge in [-0.1, -0.05) is 0 Å². The van der Waals surface area contributed by atoms with Gasteiger partial charge in [-0.05, 0) is 12.8 Å². The van der Waals surface area contributed by atoms with E-state index in [-0.39, 0.29) is 6.54 Å². The molecule has 2 aliphatic heterocycles. The fraction of sp³-hybridized carbons (Fsp3) is 0.786. The Hall–Kier alpha value is -1.56. The molecule has 1 aromatic rings. The van der Waals surface area contributed by atoms with Gasteiger partial charge in [0.1, 0.15) is 0 Å². The Morgan fingerprint density at radius 3 is 2.40 bits per heavy atom. The summed E-state index contributed by atoms with van der Waals surface area (Å²) >= 11 is 0. The van der Waals surface area contributed by atoms with Gasteiger partial charge in [-0.2, -0.15) is 32.4 Å². The Balaban J connectivity index is 1.76. The first-order valence-corrected chi connectivity index (χ1v) is 9.89. The van der Waals surface area contributed by atoms with Gasteiger partial charge < -0.3 is 14.5 Å². The van der Waals surface area contributed by atoms with Crippen molar-refractivity contribution in [3.05, 3.63) is 5.82 Å². The minimum Gasteiger partial charge on any atom is -0.378 e. The van der Waals surface area contributed by atoms with E-state index in [1.54, 1.807) is 4.90 Å². The molecule has 0 saturated carbocycles. The highest BCUT2D eigenvalue weighted by Gasteiger charge is 2.25. The van der Waals surface area contributed by atoms with Crippen molar-refractivity contribution in [3.63, 3.8) is 0 Å². The highest BCUT2D eigenvalue weighted by molar-refractivity contribution is 7.87. The van der Waals surface area contributed by atoms with Gasteiger partial charge in [-0.15, -0.1) is 0 Å². The molecule has 2 fully saturated rings. The zero-order valence-corrected chi connectivity index (χ0v) is 15.5. The van der Waals surface area contributed by atoms with Gasteiger partial charge in [0.25, 0.3) is 10.2 Å². The third-order valence-corrected chi connectivity index (χ3v) is 5.72. The molecule has 11 heteroatoms. The van der Waals surface area contributed by atoms with Crippen molar-refractivity contribution in [2.24, 2.45) is 0 Å². The summed E-state index contributed by atoms with van der Waals surface area (Å²) in [4.78, 5) is 17.1. The van der Waals surface area contributed by atoms with Gasteiger partial charge in [-0.3, -0.25) is 0 Å². The van der Waals surface area contributed by atoms with E-state index in [1.807, 2.05) is 19.0 Å². The Kier molecular flexibility index (Phi) is 5.67. The van der Waals surface area contributed by atoms with Gasteiger partial charge in [0.15, 0.2) is 5.82 Å². The lowest BCUT2D eigenvalue weighted by molar-refractivity contribution is 0.122. The number of ether oxygens (including phenoxy) is 1. The summed E-state index contributed by atoms with van der Waals surface area (Å²) in [5, 5.41) is 0. The van der Waals surface area contributed by atoms with Crippen LogP contribution in [-0.2, 0) is 21.5 Å². The number of nitrogens with one attached hydrogen (secondary N) is 1. The van der Waals surface area contributed by atoms with Gasteiger partial charge in [0.05, 0.1) is 19.8 Å². The SMILES string of the molecule is CN(C)c1nc(CNS(=O)(=O)N2CCCC2)nc(N2CCOCC2)n1. The van der Waals surface area contributed by atoms with Gasteiger partial charge in [-0.25, -0.2) is 0 Å². The molecule has 25 heavy (non-hydrogen) atoms. The quantitative estimate of drug-likeness (QED) is 0.693. The van der Waals surface area contributed by atoms with Crippen molar-refractivity contribution in [1.82, 2.24) is 24.0 Å². The maximum Gasteiger partial charge on any atom is 0.279 e. The molecule has 2 saturated heterocycles. The lowest BCUT2D eigenvalue weighted by atomic mass is 10.4. The number of morpholine rings is 1. The van der Waals surface area contributed by atoms with Crippen LogP contribution >= 0.6 is 0 Å². The highest BCUT2D eigenvalue weighted by atomic mass is 32.2. The first kappa shape index (κ1) is 18.2. The van der Waals surface area contributed by atoms with E-state index in [2.05, 4.69) is 19.7 Å². The van der Waals surface area contributed by atoms with E-state index in [0.717, 1.165) is 12.8 Å². The van der Waals surface area contributed by atoms with Crippen LogP contribution in [-0.4, -0.2) is 81.2 Å². The number of aromatic nitrogens is 3. The summed E-state index contributed by atoms with van der Waals surface area (Å²) in [6, 6.07) is 0. The minimum atomic E-state index is -3.49. The lowest BCUT2D eigenvalue weighted by Crippen LogP contribution is -2.40. The molecular weight excluding hydrogens is 346 g/mol. The maximum absolute atomic E-state index is 12.3. The Morgan fingerprint density at radius 2 is 1.76 bits per heavy atom. The molecule has 0 atom stereocenters. The predicted octanol–water partition coefficient (Wildman–Crippen LogP) is -0.796. The predicted molar refractivity (Wildman–Crippen MR) is 93.8 cm³/mol. The molecule has 3 rings (SSSR count). The van der Waals surface area contributed by atoms with Crippen LogP contribution in [0.5, 0.6) is 0 Å². The molecule has 0 amide bonds. The molecule has 0 spiro atoms. The zero-order chi connectivity index (χ0) is 17.9. The summed E-state index contributed by atoms with van der Waals surface area (Å²) in [6.45, 7) is 3.83. The second-order valence-corrected chi connectivity index (χ2v) is 8.03. The second-order valence-electron chi connectivity index (χ2n) is 6.28. The average Bonchev–Trinajstić information content (AvgIpc) is 3.16. The summed E-state index contributed by atoms with van der Waals surface area (Å²) in [5.74, 6) is 1.46. The summed E-state index contributed by atoms with van der Waals surface area (Å²) in [5.41, 5.74) is 0. The fourth-order valence-corrected chi connectivity index (χ4v) is 3.99. The zero-order valence-electron chi connectivity index (χ0n) is 14.7. The van der Waals surface area contributed by atoms with Crippen molar-refractivity contribution >= 4 is 22.1 Å². The molecular formula is C14H25N7O3S. The normalized spacial score (nSPS) is 19.4. The number of hydrogen-bond acceptors (Lipinski definition) is 8. The monoisotopic (exact) mass is 371 g/mol. The fourth-order valence-electron chi connectivity index (χ4n) is 2.75. The molecule has 0 bridgehead atoms. The summed E-state index contributed by atoms with van der Waals surface area (Å²) < 4.78 is 34.1. The second kappa shape index (κ2) is 7.77. The molecule has 1 aromatic heterocycles. The van der Waals surface area contributed by atoms with Crippen molar-refractivity contribution < 1.29 is 13.2 Å². The minimum absolute atomic E-state index is 0.0412. The van der Waals surface area contributed by atoms with Crippen LogP contribution in [0.2, 0.25) is 0 Å². The van der Waals surface area contributed by atoms with Gasteiger partial charge in [0, 0.05) is 40.3 Å².